The van der Waals surface area contributed by atoms with E-state index in [-0.39, 0.29) is 5.91 Å². The van der Waals surface area contributed by atoms with E-state index in [0.29, 0.717) is 12.3 Å². The number of ether oxygens (including phenoxy) is 1. The van der Waals surface area contributed by atoms with Crippen LogP contribution in [0.3, 0.4) is 0 Å². The molecule has 1 saturated carbocycles. The van der Waals surface area contributed by atoms with Crippen LogP contribution in [0.25, 0.3) is 0 Å². The minimum absolute atomic E-state index is 0.138. The van der Waals surface area contributed by atoms with Crippen molar-refractivity contribution in [3.05, 3.63) is 0 Å². The Morgan fingerprint density at radius 3 is 2.57 bits per heavy atom. The molecule has 2 atom stereocenters. The molecule has 1 amide bonds. The van der Waals surface area contributed by atoms with E-state index in [1.807, 2.05) is 11.8 Å². The number of likely N-dealkylation sites (tertiary alicyclic amines) is 1. The highest BCUT2D eigenvalue weighted by molar-refractivity contribution is 6.53. The molecule has 6 heteroatoms. The highest BCUT2D eigenvalue weighted by Crippen LogP contribution is 2.64. The molecule has 21 heavy (non-hydrogen) atoms. The second-order valence-electron chi connectivity index (χ2n) is 6.89. The summed E-state index contributed by atoms with van der Waals surface area (Å²) in [6, 6.07) is 0. The zero-order valence-electron chi connectivity index (χ0n) is 12.6. The van der Waals surface area contributed by atoms with Crippen molar-refractivity contribution in [1.82, 2.24) is 9.80 Å². The normalized spacial score (nSPS) is 36.5. The number of amides is 1. The Labute approximate surface area is 136 Å². The van der Waals surface area contributed by atoms with Crippen molar-refractivity contribution in [2.24, 2.45) is 11.3 Å². The van der Waals surface area contributed by atoms with Crippen molar-refractivity contribution < 1.29 is 9.53 Å². The van der Waals surface area contributed by atoms with Crippen molar-refractivity contribution in [3.8, 4) is 0 Å². The van der Waals surface area contributed by atoms with Crippen molar-refractivity contribution in [3.63, 3.8) is 0 Å². The maximum atomic E-state index is 12.7. The zero-order chi connectivity index (χ0) is 15.1. The van der Waals surface area contributed by atoms with E-state index in [2.05, 4.69) is 4.90 Å². The number of piperidine rings is 1. The Morgan fingerprint density at radius 2 is 1.95 bits per heavy atom. The summed E-state index contributed by atoms with van der Waals surface area (Å²) < 4.78 is 4.53. The topological polar surface area (TPSA) is 32.8 Å². The summed E-state index contributed by atoms with van der Waals surface area (Å²) in [4.78, 5) is 17.1. The fourth-order valence-electron chi connectivity index (χ4n) is 3.53. The predicted molar refractivity (Wildman–Crippen MR) is 83.7 cm³/mol. The lowest BCUT2D eigenvalue weighted by atomic mass is 9.95. The maximum absolute atomic E-state index is 12.7. The quantitative estimate of drug-likeness (QED) is 0.741. The van der Waals surface area contributed by atoms with Crippen molar-refractivity contribution >= 4 is 29.1 Å². The second-order valence-corrected chi connectivity index (χ2v) is 8.37. The molecule has 0 radical (unpaired) electrons. The number of carbonyl (C=O) groups excluding carboxylic acids is 1. The monoisotopic (exact) mass is 334 g/mol. The zero-order valence-corrected chi connectivity index (χ0v) is 14.1. The molecule has 3 aliphatic rings. The molecule has 3 fully saturated rings. The minimum Gasteiger partial charge on any atom is -0.379 e. The van der Waals surface area contributed by atoms with Gasteiger partial charge in [-0.05, 0) is 32.1 Å². The molecule has 0 spiro atoms. The average Bonchev–Trinajstić information content (AvgIpc) is 2.99. The van der Waals surface area contributed by atoms with E-state index in [0.717, 1.165) is 52.4 Å². The summed E-state index contributed by atoms with van der Waals surface area (Å²) in [6.45, 7) is 8.32. The standard InChI is InChI=1S/C15H24Cl2N2O2/c1-14(11-15(14,16)17)13(20)19-4-2-3-12(10-19)9-18-5-7-21-8-6-18/h12H,2-11H2,1H3/t12-,14+/m1/s1. The maximum Gasteiger partial charge on any atom is 0.231 e. The molecule has 0 bridgehead atoms. The molecule has 0 aromatic rings. The average molecular weight is 335 g/mol. The number of nitrogens with zero attached hydrogens (tertiary/aromatic N) is 2. The smallest absolute Gasteiger partial charge is 0.231 e. The predicted octanol–water partition coefficient (Wildman–Crippen LogP) is 2.14. The molecule has 2 heterocycles. The molecular weight excluding hydrogens is 311 g/mol. The molecule has 3 rings (SSSR count). The van der Waals surface area contributed by atoms with Crippen LogP contribution in [0.5, 0.6) is 0 Å². The van der Waals surface area contributed by atoms with Gasteiger partial charge in [-0.1, -0.05) is 0 Å². The van der Waals surface area contributed by atoms with Gasteiger partial charge in [0.15, 0.2) is 0 Å². The van der Waals surface area contributed by atoms with Gasteiger partial charge in [0.05, 0.1) is 18.6 Å². The number of rotatable bonds is 3. The van der Waals surface area contributed by atoms with Gasteiger partial charge >= 0.3 is 0 Å². The summed E-state index contributed by atoms with van der Waals surface area (Å²) >= 11 is 12.3. The minimum atomic E-state index is -0.860. The molecule has 4 nitrogen and oxygen atoms in total. The highest BCUT2D eigenvalue weighted by Gasteiger charge is 2.68. The van der Waals surface area contributed by atoms with Crippen molar-refractivity contribution in [1.29, 1.82) is 0 Å². The summed E-state index contributed by atoms with van der Waals surface area (Å²) in [5, 5.41) is 0. The lowest BCUT2D eigenvalue weighted by Crippen LogP contribution is -2.48. The lowest BCUT2D eigenvalue weighted by molar-refractivity contribution is -0.138. The van der Waals surface area contributed by atoms with Gasteiger partial charge in [0.2, 0.25) is 5.91 Å². The fourth-order valence-corrected chi connectivity index (χ4v) is 4.22. The Hall–Kier alpha value is -0.0300. The van der Waals surface area contributed by atoms with Crippen LogP contribution in [-0.4, -0.2) is 66.0 Å². The van der Waals surface area contributed by atoms with E-state index >= 15 is 0 Å². The van der Waals surface area contributed by atoms with Crippen LogP contribution < -0.4 is 0 Å². The third-order valence-corrected chi connectivity index (χ3v) is 6.26. The molecule has 0 unspecified atom stereocenters. The molecule has 0 N–H and O–H groups in total. The Morgan fingerprint density at radius 1 is 1.29 bits per heavy atom. The first-order chi connectivity index (χ1) is 9.92. The van der Waals surface area contributed by atoms with Gasteiger partial charge in [-0.15, -0.1) is 23.2 Å². The largest absolute Gasteiger partial charge is 0.379 e. The SMILES string of the molecule is C[C@@]1(C(=O)N2CCC[C@H](CN3CCOCC3)C2)CC1(Cl)Cl. The lowest BCUT2D eigenvalue weighted by Gasteiger charge is -2.38. The van der Waals surface area contributed by atoms with E-state index in [1.165, 1.54) is 6.42 Å². The fraction of sp³-hybridized carbons (Fsp3) is 0.933. The molecule has 0 aromatic carbocycles. The van der Waals surface area contributed by atoms with Crippen LogP contribution in [-0.2, 0) is 9.53 Å². The van der Waals surface area contributed by atoms with Crippen molar-refractivity contribution in [2.45, 2.75) is 30.5 Å². The van der Waals surface area contributed by atoms with E-state index in [4.69, 9.17) is 27.9 Å². The first-order valence-corrected chi connectivity index (χ1v) is 8.65. The second kappa shape index (κ2) is 5.88. The van der Waals surface area contributed by atoms with Crippen LogP contribution in [0.1, 0.15) is 26.2 Å². The van der Waals surface area contributed by atoms with Crippen LogP contribution in [0.2, 0.25) is 0 Å². The molecule has 2 saturated heterocycles. The van der Waals surface area contributed by atoms with Gasteiger partial charge in [-0.3, -0.25) is 9.69 Å². The molecular formula is C15H24Cl2N2O2. The molecule has 0 aromatic heterocycles. The summed E-state index contributed by atoms with van der Waals surface area (Å²) in [5.74, 6) is 0.697. The Balaban J connectivity index is 1.54. The number of halogens is 2. The first kappa shape index (κ1) is 15.9. The van der Waals surface area contributed by atoms with Gasteiger partial charge in [0.25, 0.3) is 0 Å². The van der Waals surface area contributed by atoms with Crippen LogP contribution >= 0.6 is 23.2 Å². The van der Waals surface area contributed by atoms with Gasteiger partial charge in [-0.25, -0.2) is 0 Å². The van der Waals surface area contributed by atoms with E-state index in [9.17, 15) is 4.79 Å². The van der Waals surface area contributed by atoms with E-state index in [1.54, 1.807) is 0 Å². The Bertz CT molecular complexity index is 412. The van der Waals surface area contributed by atoms with Gasteiger partial charge < -0.3 is 9.64 Å². The number of carbonyl (C=O) groups is 1. The van der Waals surface area contributed by atoms with Crippen LogP contribution in [0.15, 0.2) is 0 Å². The Kier molecular flexibility index (Phi) is 4.44. The summed E-state index contributed by atoms with van der Waals surface area (Å²) in [6.07, 6.45) is 2.85. The molecule has 120 valence electrons. The summed E-state index contributed by atoms with van der Waals surface area (Å²) in [5.41, 5.74) is -0.572. The van der Waals surface area contributed by atoms with Crippen LogP contribution in [0.4, 0.5) is 0 Å². The number of hydrogen-bond donors (Lipinski definition) is 0. The van der Waals surface area contributed by atoms with Crippen LogP contribution in [0, 0.1) is 11.3 Å². The van der Waals surface area contributed by atoms with Gasteiger partial charge in [0, 0.05) is 32.7 Å². The summed E-state index contributed by atoms with van der Waals surface area (Å²) in [7, 11) is 0. The van der Waals surface area contributed by atoms with Gasteiger partial charge in [0.1, 0.15) is 4.33 Å². The number of hydrogen-bond acceptors (Lipinski definition) is 3. The highest BCUT2D eigenvalue weighted by atomic mass is 35.5. The van der Waals surface area contributed by atoms with Gasteiger partial charge in [-0.2, -0.15) is 0 Å². The number of alkyl halides is 2. The molecule has 1 aliphatic carbocycles. The third-order valence-electron chi connectivity index (χ3n) is 5.16. The molecule has 2 aliphatic heterocycles. The third kappa shape index (κ3) is 3.19. The van der Waals surface area contributed by atoms with Crippen molar-refractivity contribution in [2.75, 3.05) is 45.9 Å². The number of morpholine rings is 1. The first-order valence-electron chi connectivity index (χ1n) is 7.90. The van der Waals surface area contributed by atoms with E-state index < -0.39 is 9.75 Å².